The van der Waals surface area contributed by atoms with Crippen molar-refractivity contribution in [2.24, 2.45) is 0 Å². The molecular formula is C45H28N4S. The third kappa shape index (κ3) is 4.71. The summed E-state index contributed by atoms with van der Waals surface area (Å²) >= 11 is 1.73. The lowest BCUT2D eigenvalue weighted by Gasteiger charge is -2.15. The van der Waals surface area contributed by atoms with Crippen LogP contribution < -0.4 is 0 Å². The van der Waals surface area contributed by atoms with E-state index in [0.29, 0.717) is 5.82 Å². The Balaban J connectivity index is 1.20. The van der Waals surface area contributed by atoms with Gasteiger partial charge in [0.2, 0.25) is 0 Å². The first-order valence-electron chi connectivity index (χ1n) is 16.7. The van der Waals surface area contributed by atoms with Crippen molar-refractivity contribution in [3.05, 3.63) is 170 Å². The summed E-state index contributed by atoms with van der Waals surface area (Å²) in [5.41, 5.74) is 10.5. The normalized spacial score (nSPS) is 11.6. The minimum atomic E-state index is 0.702. The van der Waals surface area contributed by atoms with Crippen molar-refractivity contribution in [2.75, 3.05) is 0 Å². The second-order valence-corrected chi connectivity index (χ2v) is 13.5. The van der Waals surface area contributed by atoms with Crippen LogP contribution in [0, 0.1) is 0 Å². The van der Waals surface area contributed by atoms with E-state index < -0.39 is 0 Å². The molecule has 0 bridgehead atoms. The van der Waals surface area contributed by atoms with E-state index in [-0.39, 0.29) is 0 Å². The molecule has 0 N–H and O–H groups in total. The highest BCUT2D eigenvalue weighted by atomic mass is 32.1. The lowest BCUT2D eigenvalue weighted by atomic mass is 10.0. The number of fused-ring (bicyclic) bond motifs is 5. The standard InChI is InChI=1S/C45H28N4S/c1-3-13-29(14-4-1)38-28-39(30-15-5-2-6-16-30)47-44(46-38)36-25-26-41(33-18-8-7-17-32(33)36)49-40-21-11-9-19-34(40)35-24-23-31(27-42(35)49)45-48-37-20-10-12-22-43(37)50-45/h1-28H. The van der Waals surface area contributed by atoms with Crippen LogP contribution in [-0.2, 0) is 0 Å². The number of rotatable bonds is 5. The topological polar surface area (TPSA) is 43.6 Å². The van der Waals surface area contributed by atoms with Crippen molar-refractivity contribution < 1.29 is 0 Å². The first-order chi connectivity index (χ1) is 24.8. The zero-order chi connectivity index (χ0) is 33.0. The summed E-state index contributed by atoms with van der Waals surface area (Å²) in [4.78, 5) is 15.4. The number of thiazole rings is 1. The average Bonchev–Trinajstić information content (AvgIpc) is 3.77. The van der Waals surface area contributed by atoms with Gasteiger partial charge in [0.1, 0.15) is 5.01 Å². The highest BCUT2D eigenvalue weighted by molar-refractivity contribution is 7.21. The molecule has 0 amide bonds. The molecule has 0 saturated heterocycles. The van der Waals surface area contributed by atoms with E-state index in [9.17, 15) is 0 Å². The first-order valence-corrected chi connectivity index (χ1v) is 17.5. The molecule has 7 aromatic carbocycles. The smallest absolute Gasteiger partial charge is 0.161 e. The van der Waals surface area contributed by atoms with Crippen molar-refractivity contribution >= 4 is 54.1 Å². The van der Waals surface area contributed by atoms with Gasteiger partial charge in [0, 0.05) is 38.4 Å². The Kier molecular flexibility index (Phi) is 6.64. The zero-order valence-electron chi connectivity index (χ0n) is 26.9. The number of benzene rings is 7. The summed E-state index contributed by atoms with van der Waals surface area (Å²) in [5, 5.41) is 5.69. The Morgan fingerprint density at radius 2 is 1.04 bits per heavy atom. The van der Waals surface area contributed by atoms with Crippen LogP contribution >= 0.6 is 11.3 Å². The first kappa shape index (κ1) is 28.6. The molecule has 3 heterocycles. The molecule has 0 aliphatic heterocycles. The van der Waals surface area contributed by atoms with Crippen LogP contribution in [-0.4, -0.2) is 19.5 Å². The van der Waals surface area contributed by atoms with E-state index in [4.69, 9.17) is 15.0 Å². The van der Waals surface area contributed by atoms with Crippen LogP contribution in [0.4, 0.5) is 0 Å². The van der Waals surface area contributed by atoms with Gasteiger partial charge in [0.15, 0.2) is 5.82 Å². The number of nitrogens with zero attached hydrogens (tertiary/aromatic N) is 4. The minimum Gasteiger partial charge on any atom is -0.309 e. The minimum absolute atomic E-state index is 0.702. The molecule has 0 spiro atoms. The van der Waals surface area contributed by atoms with Crippen LogP contribution in [0.25, 0.3) is 93.0 Å². The van der Waals surface area contributed by atoms with Gasteiger partial charge in [-0.25, -0.2) is 15.0 Å². The predicted octanol–water partition coefficient (Wildman–Crippen LogP) is 12.0. The van der Waals surface area contributed by atoms with Gasteiger partial charge >= 0.3 is 0 Å². The largest absolute Gasteiger partial charge is 0.309 e. The van der Waals surface area contributed by atoms with E-state index in [1.54, 1.807) is 11.3 Å². The second kappa shape index (κ2) is 11.6. The molecule has 10 rings (SSSR count). The molecule has 0 radical (unpaired) electrons. The van der Waals surface area contributed by atoms with Crippen molar-refractivity contribution in [3.8, 4) is 50.2 Å². The van der Waals surface area contributed by atoms with E-state index in [2.05, 4.69) is 156 Å². The third-order valence-electron chi connectivity index (χ3n) is 9.46. The molecule has 0 saturated carbocycles. The highest BCUT2D eigenvalue weighted by Crippen LogP contribution is 2.40. The molecule has 0 atom stereocenters. The number of hydrogen-bond donors (Lipinski definition) is 0. The fourth-order valence-electron chi connectivity index (χ4n) is 7.11. The van der Waals surface area contributed by atoms with E-state index in [1.807, 2.05) is 18.2 Å². The fourth-order valence-corrected chi connectivity index (χ4v) is 8.08. The monoisotopic (exact) mass is 656 g/mol. The average molecular weight is 657 g/mol. The van der Waals surface area contributed by atoms with Gasteiger partial charge in [0.25, 0.3) is 0 Å². The molecule has 0 aliphatic rings. The second-order valence-electron chi connectivity index (χ2n) is 12.4. The Morgan fingerprint density at radius 1 is 0.420 bits per heavy atom. The molecule has 234 valence electrons. The Labute approximate surface area is 292 Å². The van der Waals surface area contributed by atoms with Crippen LogP contribution in [0.2, 0.25) is 0 Å². The lowest BCUT2D eigenvalue weighted by Crippen LogP contribution is -1.99. The summed E-state index contributed by atoms with van der Waals surface area (Å²) in [6.07, 6.45) is 0. The SMILES string of the molecule is c1ccc(-c2cc(-c3ccccc3)nc(-c3ccc(-n4c5ccccc5c5ccc(-c6nc7ccccc7s6)cc54)c4ccccc34)n2)cc1. The highest BCUT2D eigenvalue weighted by Gasteiger charge is 2.19. The van der Waals surface area contributed by atoms with Gasteiger partial charge in [-0.1, -0.05) is 127 Å². The van der Waals surface area contributed by atoms with E-state index in [0.717, 1.165) is 71.7 Å². The maximum Gasteiger partial charge on any atom is 0.161 e. The molecular weight excluding hydrogens is 629 g/mol. The molecule has 3 aromatic heterocycles. The Morgan fingerprint density at radius 3 is 1.78 bits per heavy atom. The van der Waals surface area contributed by atoms with E-state index >= 15 is 0 Å². The van der Waals surface area contributed by atoms with Crippen LogP contribution in [0.3, 0.4) is 0 Å². The Bertz CT molecular complexity index is 2780. The molecule has 50 heavy (non-hydrogen) atoms. The van der Waals surface area contributed by atoms with Crippen molar-refractivity contribution in [1.82, 2.24) is 19.5 Å². The van der Waals surface area contributed by atoms with Gasteiger partial charge in [-0.3, -0.25) is 0 Å². The maximum absolute atomic E-state index is 5.18. The van der Waals surface area contributed by atoms with Gasteiger partial charge in [-0.05, 0) is 47.9 Å². The van der Waals surface area contributed by atoms with Crippen LogP contribution in [0.5, 0.6) is 0 Å². The van der Waals surface area contributed by atoms with Gasteiger partial charge < -0.3 is 4.57 Å². The molecule has 5 heteroatoms. The molecule has 0 fully saturated rings. The number of aromatic nitrogens is 4. The number of hydrogen-bond acceptors (Lipinski definition) is 4. The summed E-state index contributed by atoms with van der Waals surface area (Å²) in [5.74, 6) is 0.702. The maximum atomic E-state index is 5.18. The van der Waals surface area contributed by atoms with Gasteiger partial charge in [0.05, 0.1) is 38.3 Å². The van der Waals surface area contributed by atoms with Crippen LogP contribution in [0.1, 0.15) is 0 Å². The fraction of sp³-hybridized carbons (Fsp3) is 0. The van der Waals surface area contributed by atoms with Crippen LogP contribution in [0.15, 0.2) is 170 Å². The van der Waals surface area contributed by atoms with Gasteiger partial charge in [-0.2, -0.15) is 0 Å². The molecule has 0 unspecified atom stereocenters. The Hall–Kier alpha value is -6.43. The summed E-state index contributed by atoms with van der Waals surface area (Å²) in [6.45, 7) is 0. The van der Waals surface area contributed by atoms with Crippen molar-refractivity contribution in [1.29, 1.82) is 0 Å². The number of para-hydroxylation sites is 2. The molecule has 0 aliphatic carbocycles. The van der Waals surface area contributed by atoms with Crippen molar-refractivity contribution in [3.63, 3.8) is 0 Å². The zero-order valence-corrected chi connectivity index (χ0v) is 27.7. The van der Waals surface area contributed by atoms with Gasteiger partial charge in [-0.15, -0.1) is 11.3 Å². The quantitative estimate of drug-likeness (QED) is 0.185. The lowest BCUT2D eigenvalue weighted by molar-refractivity contribution is 1.18. The molecule has 4 nitrogen and oxygen atoms in total. The summed E-state index contributed by atoms with van der Waals surface area (Å²) in [6, 6.07) is 59.6. The molecule has 10 aromatic rings. The predicted molar refractivity (Wildman–Crippen MR) is 209 cm³/mol. The van der Waals surface area contributed by atoms with Crippen molar-refractivity contribution in [2.45, 2.75) is 0 Å². The summed E-state index contributed by atoms with van der Waals surface area (Å²) < 4.78 is 3.60. The third-order valence-corrected chi connectivity index (χ3v) is 10.5. The van der Waals surface area contributed by atoms with E-state index in [1.165, 1.54) is 15.5 Å². The summed E-state index contributed by atoms with van der Waals surface area (Å²) in [7, 11) is 0.